The highest BCUT2D eigenvalue weighted by Gasteiger charge is 2.05. The van der Waals surface area contributed by atoms with Crippen LogP contribution in [0.25, 0.3) is 5.69 Å². The predicted molar refractivity (Wildman–Crippen MR) is 84.9 cm³/mol. The van der Waals surface area contributed by atoms with Crippen molar-refractivity contribution in [2.45, 2.75) is 13.5 Å². The Bertz CT molecular complexity index is 738. The third kappa shape index (κ3) is 3.06. The van der Waals surface area contributed by atoms with Crippen LogP contribution in [0.3, 0.4) is 0 Å². The van der Waals surface area contributed by atoms with Crippen LogP contribution in [0, 0.1) is 6.92 Å². The van der Waals surface area contributed by atoms with E-state index < -0.39 is 0 Å². The fourth-order valence-electron chi connectivity index (χ4n) is 2.20. The van der Waals surface area contributed by atoms with Crippen molar-refractivity contribution in [3.05, 3.63) is 71.3 Å². The lowest BCUT2D eigenvalue weighted by Crippen LogP contribution is -2.05. The standard InChI is InChI=1S/C16H15ClN4/c1-12-8-14(17)7-6-13(12)9-19-15-4-2-3-5-16(15)21-11-18-10-20-21/h2-8,10-11,19H,9H2,1H3. The molecule has 5 heteroatoms. The third-order valence-corrected chi connectivity index (χ3v) is 3.58. The van der Waals surface area contributed by atoms with Crippen LogP contribution in [-0.2, 0) is 6.54 Å². The number of rotatable bonds is 4. The lowest BCUT2D eigenvalue weighted by atomic mass is 10.1. The Morgan fingerprint density at radius 2 is 2.05 bits per heavy atom. The summed E-state index contributed by atoms with van der Waals surface area (Å²) >= 11 is 5.99. The molecule has 0 unspecified atom stereocenters. The second-order valence-electron chi connectivity index (χ2n) is 4.78. The first-order valence-electron chi connectivity index (χ1n) is 6.67. The molecule has 4 nitrogen and oxygen atoms in total. The number of aryl methyl sites for hydroxylation is 1. The maximum Gasteiger partial charge on any atom is 0.138 e. The minimum atomic E-state index is 0.731. The molecule has 0 saturated carbocycles. The molecule has 0 aliphatic heterocycles. The summed E-state index contributed by atoms with van der Waals surface area (Å²) < 4.78 is 1.75. The number of aromatic nitrogens is 3. The van der Waals surface area contributed by atoms with Gasteiger partial charge >= 0.3 is 0 Å². The summed E-state index contributed by atoms with van der Waals surface area (Å²) in [6.07, 6.45) is 3.22. The molecule has 0 saturated heterocycles. The van der Waals surface area contributed by atoms with Crippen LogP contribution in [-0.4, -0.2) is 14.8 Å². The van der Waals surface area contributed by atoms with E-state index in [9.17, 15) is 0 Å². The van der Waals surface area contributed by atoms with Gasteiger partial charge in [-0.05, 0) is 42.3 Å². The van der Waals surface area contributed by atoms with Gasteiger partial charge in [0.2, 0.25) is 0 Å². The molecule has 21 heavy (non-hydrogen) atoms. The Labute approximate surface area is 128 Å². The largest absolute Gasteiger partial charge is 0.379 e. The molecule has 0 fully saturated rings. The molecule has 1 N–H and O–H groups in total. The maximum absolute atomic E-state index is 5.99. The topological polar surface area (TPSA) is 42.7 Å². The molecule has 0 radical (unpaired) electrons. The SMILES string of the molecule is Cc1cc(Cl)ccc1CNc1ccccc1-n1cncn1. The highest BCUT2D eigenvalue weighted by atomic mass is 35.5. The van der Waals surface area contributed by atoms with Gasteiger partial charge in [0.25, 0.3) is 0 Å². The number of hydrogen-bond donors (Lipinski definition) is 1. The first-order valence-corrected chi connectivity index (χ1v) is 7.05. The molecule has 0 atom stereocenters. The van der Waals surface area contributed by atoms with Gasteiger partial charge in [-0.2, -0.15) is 5.10 Å². The fourth-order valence-corrected chi connectivity index (χ4v) is 2.43. The summed E-state index contributed by atoms with van der Waals surface area (Å²) in [5, 5.41) is 8.39. The molecule has 0 spiro atoms. The zero-order valence-corrected chi connectivity index (χ0v) is 12.4. The first-order chi connectivity index (χ1) is 10.2. The van der Waals surface area contributed by atoms with Crippen LogP contribution in [0.5, 0.6) is 0 Å². The van der Waals surface area contributed by atoms with E-state index in [-0.39, 0.29) is 0 Å². The number of anilines is 1. The number of nitrogens with zero attached hydrogens (tertiary/aromatic N) is 3. The van der Waals surface area contributed by atoms with Crippen molar-refractivity contribution >= 4 is 17.3 Å². The van der Waals surface area contributed by atoms with Crippen molar-refractivity contribution in [3.8, 4) is 5.69 Å². The lowest BCUT2D eigenvalue weighted by molar-refractivity contribution is 0.877. The van der Waals surface area contributed by atoms with Crippen LogP contribution in [0.1, 0.15) is 11.1 Å². The number of para-hydroxylation sites is 2. The average molecular weight is 299 g/mol. The van der Waals surface area contributed by atoms with Crippen LogP contribution in [0.2, 0.25) is 5.02 Å². The highest BCUT2D eigenvalue weighted by Crippen LogP contribution is 2.21. The summed E-state index contributed by atoms with van der Waals surface area (Å²) in [5.74, 6) is 0. The van der Waals surface area contributed by atoms with Crippen LogP contribution < -0.4 is 5.32 Å². The Kier molecular flexibility index (Phi) is 3.88. The van der Waals surface area contributed by atoms with Crippen molar-refractivity contribution in [2.24, 2.45) is 0 Å². The minimum Gasteiger partial charge on any atom is -0.379 e. The number of benzene rings is 2. The zero-order valence-electron chi connectivity index (χ0n) is 11.6. The Morgan fingerprint density at radius 3 is 2.81 bits per heavy atom. The molecule has 1 heterocycles. The van der Waals surface area contributed by atoms with E-state index in [1.165, 1.54) is 17.5 Å². The average Bonchev–Trinajstić information content (AvgIpc) is 3.01. The molecule has 1 aromatic heterocycles. The van der Waals surface area contributed by atoms with Crippen LogP contribution in [0.15, 0.2) is 55.1 Å². The van der Waals surface area contributed by atoms with Crippen LogP contribution >= 0.6 is 11.6 Å². The van der Waals surface area contributed by atoms with Gasteiger partial charge in [-0.1, -0.05) is 29.8 Å². The monoisotopic (exact) mass is 298 g/mol. The van der Waals surface area contributed by atoms with E-state index >= 15 is 0 Å². The summed E-state index contributed by atoms with van der Waals surface area (Å²) in [7, 11) is 0. The summed E-state index contributed by atoms with van der Waals surface area (Å²) in [6, 6.07) is 13.9. The molecule has 106 valence electrons. The Morgan fingerprint density at radius 1 is 1.19 bits per heavy atom. The Balaban J connectivity index is 1.83. The molecule has 0 amide bonds. The predicted octanol–water partition coefficient (Wildman–Crippen LogP) is 3.84. The number of halogens is 1. The zero-order chi connectivity index (χ0) is 14.7. The summed E-state index contributed by atoms with van der Waals surface area (Å²) in [5.41, 5.74) is 4.37. The second kappa shape index (κ2) is 5.97. The van der Waals surface area contributed by atoms with E-state index in [4.69, 9.17) is 11.6 Å². The van der Waals surface area contributed by atoms with Gasteiger partial charge in [-0.25, -0.2) is 9.67 Å². The number of nitrogens with one attached hydrogen (secondary N) is 1. The normalized spacial score (nSPS) is 10.6. The van der Waals surface area contributed by atoms with Gasteiger partial charge in [0.05, 0.1) is 11.4 Å². The van der Waals surface area contributed by atoms with Gasteiger partial charge < -0.3 is 5.32 Å². The lowest BCUT2D eigenvalue weighted by Gasteiger charge is -2.13. The van der Waals surface area contributed by atoms with Crippen LogP contribution in [0.4, 0.5) is 5.69 Å². The highest BCUT2D eigenvalue weighted by molar-refractivity contribution is 6.30. The van der Waals surface area contributed by atoms with E-state index in [2.05, 4.69) is 22.3 Å². The van der Waals surface area contributed by atoms with E-state index in [0.717, 1.165) is 22.9 Å². The van der Waals surface area contributed by atoms with E-state index in [1.54, 1.807) is 11.0 Å². The van der Waals surface area contributed by atoms with Gasteiger partial charge in [0.1, 0.15) is 12.7 Å². The van der Waals surface area contributed by atoms with Crippen molar-refractivity contribution in [3.63, 3.8) is 0 Å². The second-order valence-corrected chi connectivity index (χ2v) is 5.22. The molecule has 3 aromatic rings. The molecule has 3 rings (SSSR count). The molecule has 0 aliphatic carbocycles. The molecule has 0 aliphatic rings. The Hall–Kier alpha value is -2.33. The van der Waals surface area contributed by atoms with Crippen molar-refractivity contribution in [2.75, 3.05) is 5.32 Å². The molecule has 2 aromatic carbocycles. The minimum absolute atomic E-state index is 0.731. The van der Waals surface area contributed by atoms with Crippen molar-refractivity contribution in [1.29, 1.82) is 0 Å². The third-order valence-electron chi connectivity index (χ3n) is 3.34. The smallest absolute Gasteiger partial charge is 0.138 e. The van der Waals surface area contributed by atoms with Crippen molar-refractivity contribution in [1.82, 2.24) is 14.8 Å². The first kappa shape index (κ1) is 13.6. The van der Waals surface area contributed by atoms with Gasteiger partial charge in [-0.15, -0.1) is 0 Å². The summed E-state index contributed by atoms with van der Waals surface area (Å²) in [4.78, 5) is 3.99. The van der Waals surface area contributed by atoms with E-state index in [0.29, 0.717) is 0 Å². The summed E-state index contributed by atoms with van der Waals surface area (Å²) in [6.45, 7) is 2.79. The molecular weight excluding hydrogens is 284 g/mol. The molecule has 0 bridgehead atoms. The van der Waals surface area contributed by atoms with Gasteiger partial charge in [0.15, 0.2) is 0 Å². The van der Waals surface area contributed by atoms with Gasteiger partial charge in [0, 0.05) is 11.6 Å². The van der Waals surface area contributed by atoms with Crippen molar-refractivity contribution < 1.29 is 0 Å². The number of hydrogen-bond acceptors (Lipinski definition) is 3. The quantitative estimate of drug-likeness (QED) is 0.796. The maximum atomic E-state index is 5.99. The fraction of sp³-hybridized carbons (Fsp3) is 0.125. The van der Waals surface area contributed by atoms with E-state index in [1.807, 2.05) is 42.5 Å². The molecular formula is C16H15ClN4. The van der Waals surface area contributed by atoms with Gasteiger partial charge in [-0.3, -0.25) is 0 Å².